The SMILES string of the molecule is CCCn1nc(C(=O)Nc2nc(-c3ccc(CC)cc3)cs2)ccc1=O. The number of thiazole rings is 1. The van der Waals surface area contributed by atoms with Crippen LogP contribution in [-0.2, 0) is 13.0 Å². The maximum Gasteiger partial charge on any atom is 0.277 e. The molecule has 0 aliphatic heterocycles. The van der Waals surface area contributed by atoms with E-state index in [9.17, 15) is 9.59 Å². The van der Waals surface area contributed by atoms with Crippen molar-refractivity contribution in [1.82, 2.24) is 14.8 Å². The van der Waals surface area contributed by atoms with Gasteiger partial charge in [0.25, 0.3) is 11.5 Å². The number of nitrogens with one attached hydrogen (secondary N) is 1. The van der Waals surface area contributed by atoms with E-state index >= 15 is 0 Å². The van der Waals surface area contributed by atoms with E-state index in [1.807, 2.05) is 24.4 Å². The molecule has 1 amide bonds. The van der Waals surface area contributed by atoms with Crippen molar-refractivity contribution < 1.29 is 4.79 Å². The Hall–Kier alpha value is -2.80. The summed E-state index contributed by atoms with van der Waals surface area (Å²) in [5.41, 5.74) is 3.08. The number of anilines is 1. The van der Waals surface area contributed by atoms with Gasteiger partial charge in [-0.1, -0.05) is 38.1 Å². The summed E-state index contributed by atoms with van der Waals surface area (Å²) < 4.78 is 1.30. The Balaban J connectivity index is 1.75. The van der Waals surface area contributed by atoms with Crippen LogP contribution in [0, 0.1) is 0 Å². The maximum absolute atomic E-state index is 12.4. The van der Waals surface area contributed by atoms with Gasteiger partial charge in [0.05, 0.1) is 5.69 Å². The van der Waals surface area contributed by atoms with E-state index in [1.165, 1.54) is 33.7 Å². The van der Waals surface area contributed by atoms with Crippen LogP contribution in [-0.4, -0.2) is 20.7 Å². The fraction of sp³-hybridized carbons (Fsp3) is 0.263. The molecule has 0 aliphatic rings. The quantitative estimate of drug-likeness (QED) is 0.721. The summed E-state index contributed by atoms with van der Waals surface area (Å²) in [6.07, 6.45) is 1.76. The van der Waals surface area contributed by atoms with E-state index in [4.69, 9.17) is 0 Å². The molecule has 3 aromatic rings. The molecule has 0 saturated carbocycles. The van der Waals surface area contributed by atoms with Crippen molar-refractivity contribution in [2.45, 2.75) is 33.2 Å². The molecular weight excluding hydrogens is 348 g/mol. The van der Waals surface area contributed by atoms with Crippen LogP contribution in [0.3, 0.4) is 0 Å². The van der Waals surface area contributed by atoms with Gasteiger partial charge in [-0.25, -0.2) is 9.67 Å². The van der Waals surface area contributed by atoms with Crippen LogP contribution in [0.1, 0.15) is 36.3 Å². The van der Waals surface area contributed by atoms with Gasteiger partial charge in [-0.05, 0) is 24.5 Å². The monoisotopic (exact) mass is 368 g/mol. The number of hydrogen-bond acceptors (Lipinski definition) is 5. The van der Waals surface area contributed by atoms with E-state index in [2.05, 4.69) is 34.5 Å². The molecule has 0 fully saturated rings. The van der Waals surface area contributed by atoms with Crippen molar-refractivity contribution in [2.24, 2.45) is 0 Å². The first-order valence-corrected chi connectivity index (χ1v) is 9.43. The molecule has 1 aromatic carbocycles. The topological polar surface area (TPSA) is 76.9 Å². The van der Waals surface area contributed by atoms with Gasteiger partial charge in [0.2, 0.25) is 0 Å². The zero-order valence-corrected chi connectivity index (χ0v) is 15.5. The average Bonchev–Trinajstić information content (AvgIpc) is 3.12. The second-order valence-corrected chi connectivity index (χ2v) is 6.68. The highest BCUT2D eigenvalue weighted by molar-refractivity contribution is 7.14. The molecular formula is C19H20N4O2S. The van der Waals surface area contributed by atoms with E-state index in [1.54, 1.807) is 0 Å². The van der Waals surface area contributed by atoms with Crippen molar-refractivity contribution >= 4 is 22.4 Å². The number of aromatic nitrogens is 3. The lowest BCUT2D eigenvalue weighted by Gasteiger charge is -2.05. The summed E-state index contributed by atoms with van der Waals surface area (Å²) in [5, 5.41) is 9.27. The number of rotatable bonds is 6. The van der Waals surface area contributed by atoms with Gasteiger partial charge < -0.3 is 0 Å². The molecule has 0 unspecified atom stereocenters. The summed E-state index contributed by atoms with van der Waals surface area (Å²) in [5.74, 6) is -0.378. The zero-order chi connectivity index (χ0) is 18.5. The third-order valence-electron chi connectivity index (χ3n) is 3.92. The molecule has 0 saturated heterocycles. The predicted octanol–water partition coefficient (Wildman–Crippen LogP) is 3.59. The Bertz CT molecular complexity index is 960. The van der Waals surface area contributed by atoms with E-state index in [0.717, 1.165) is 24.1 Å². The minimum atomic E-state index is -0.378. The van der Waals surface area contributed by atoms with Crippen LogP contribution >= 0.6 is 11.3 Å². The highest BCUT2D eigenvalue weighted by Crippen LogP contribution is 2.25. The van der Waals surface area contributed by atoms with Gasteiger partial charge in [-0.15, -0.1) is 11.3 Å². The maximum atomic E-state index is 12.4. The molecule has 0 radical (unpaired) electrons. The van der Waals surface area contributed by atoms with Crippen LogP contribution in [0.4, 0.5) is 5.13 Å². The van der Waals surface area contributed by atoms with Gasteiger partial charge in [0.15, 0.2) is 5.13 Å². The molecule has 7 heteroatoms. The average molecular weight is 368 g/mol. The summed E-state index contributed by atoms with van der Waals surface area (Å²) in [6, 6.07) is 11.0. The lowest BCUT2D eigenvalue weighted by atomic mass is 10.1. The smallest absolute Gasteiger partial charge is 0.277 e. The molecule has 0 spiro atoms. The van der Waals surface area contributed by atoms with E-state index in [-0.39, 0.29) is 17.2 Å². The molecule has 26 heavy (non-hydrogen) atoms. The summed E-state index contributed by atoms with van der Waals surface area (Å²) in [6.45, 7) is 4.54. The second kappa shape index (κ2) is 8.05. The minimum absolute atomic E-state index is 0.196. The lowest BCUT2D eigenvalue weighted by molar-refractivity contribution is 0.101. The van der Waals surface area contributed by atoms with Crippen molar-refractivity contribution in [3.05, 3.63) is 63.4 Å². The number of nitrogens with zero attached hydrogens (tertiary/aromatic N) is 3. The fourth-order valence-electron chi connectivity index (χ4n) is 2.48. The van der Waals surface area contributed by atoms with Crippen LogP contribution in [0.5, 0.6) is 0 Å². The standard InChI is InChI=1S/C19H20N4O2S/c1-3-11-23-17(24)10-9-15(22-23)18(25)21-19-20-16(12-26-19)14-7-5-13(4-2)6-8-14/h5-10,12H,3-4,11H2,1-2H3,(H,20,21,25). The number of benzene rings is 1. The molecule has 0 bridgehead atoms. The molecule has 0 aliphatic carbocycles. The van der Waals surface area contributed by atoms with Crippen LogP contribution in [0.15, 0.2) is 46.6 Å². The van der Waals surface area contributed by atoms with Crippen LogP contribution in [0.25, 0.3) is 11.3 Å². The highest BCUT2D eigenvalue weighted by Gasteiger charge is 2.12. The highest BCUT2D eigenvalue weighted by atomic mass is 32.1. The number of hydrogen-bond donors (Lipinski definition) is 1. The number of aryl methyl sites for hydroxylation is 2. The second-order valence-electron chi connectivity index (χ2n) is 5.82. The van der Waals surface area contributed by atoms with Gasteiger partial charge in [0.1, 0.15) is 5.69 Å². The lowest BCUT2D eigenvalue weighted by Crippen LogP contribution is -2.26. The van der Waals surface area contributed by atoms with E-state index in [0.29, 0.717) is 11.7 Å². The van der Waals surface area contributed by atoms with Crippen LogP contribution in [0.2, 0.25) is 0 Å². The van der Waals surface area contributed by atoms with E-state index < -0.39 is 0 Å². The molecule has 6 nitrogen and oxygen atoms in total. The third-order valence-corrected chi connectivity index (χ3v) is 4.67. The Labute approximate surface area is 155 Å². The molecule has 134 valence electrons. The first-order valence-electron chi connectivity index (χ1n) is 8.55. The summed E-state index contributed by atoms with van der Waals surface area (Å²) >= 11 is 1.36. The van der Waals surface area contributed by atoms with Gasteiger partial charge >= 0.3 is 0 Å². The van der Waals surface area contributed by atoms with Gasteiger partial charge in [-0.3, -0.25) is 14.9 Å². The molecule has 2 heterocycles. The van der Waals surface area contributed by atoms with Crippen molar-refractivity contribution in [1.29, 1.82) is 0 Å². The predicted molar refractivity (Wildman–Crippen MR) is 104 cm³/mol. The largest absolute Gasteiger partial charge is 0.296 e. The van der Waals surface area contributed by atoms with Crippen molar-refractivity contribution in [3.8, 4) is 11.3 Å². The normalized spacial score (nSPS) is 10.7. The number of carbonyl (C=O) groups excluding carboxylic acids is 1. The first kappa shape index (κ1) is 18.0. The molecule has 2 aromatic heterocycles. The fourth-order valence-corrected chi connectivity index (χ4v) is 3.19. The Morgan fingerprint density at radius 3 is 2.62 bits per heavy atom. The Morgan fingerprint density at radius 2 is 1.92 bits per heavy atom. The Kier molecular flexibility index (Phi) is 5.58. The van der Waals surface area contributed by atoms with Crippen molar-refractivity contribution in [3.63, 3.8) is 0 Å². The molecule has 3 rings (SSSR count). The number of carbonyl (C=O) groups is 1. The third kappa shape index (κ3) is 4.05. The molecule has 1 N–H and O–H groups in total. The van der Waals surface area contributed by atoms with Crippen LogP contribution < -0.4 is 10.9 Å². The minimum Gasteiger partial charge on any atom is -0.296 e. The van der Waals surface area contributed by atoms with Gasteiger partial charge in [-0.2, -0.15) is 5.10 Å². The first-order chi connectivity index (χ1) is 12.6. The summed E-state index contributed by atoms with van der Waals surface area (Å²) in [4.78, 5) is 28.6. The Morgan fingerprint density at radius 1 is 1.15 bits per heavy atom. The molecule has 0 atom stereocenters. The van der Waals surface area contributed by atoms with Crippen molar-refractivity contribution in [2.75, 3.05) is 5.32 Å². The summed E-state index contributed by atoms with van der Waals surface area (Å²) in [7, 11) is 0. The zero-order valence-electron chi connectivity index (χ0n) is 14.7. The number of amides is 1. The van der Waals surface area contributed by atoms with Gasteiger partial charge in [0, 0.05) is 23.6 Å².